The maximum Gasteiger partial charge on any atom is 0.243 e. The summed E-state index contributed by atoms with van der Waals surface area (Å²) in [6.45, 7) is 0.215. The Morgan fingerprint density at radius 1 is 1.38 bits per heavy atom. The van der Waals surface area contributed by atoms with Gasteiger partial charge in [-0.15, -0.1) is 11.6 Å². The SMILES string of the molecule is CN(Cc1ccsc1)S(=O)(=O)c1cc(F)c(Cl)c(CCl)c1. The summed E-state index contributed by atoms with van der Waals surface area (Å²) in [5.74, 6) is -0.856. The summed E-state index contributed by atoms with van der Waals surface area (Å²) in [6, 6.07) is 4.05. The molecule has 0 amide bonds. The Morgan fingerprint density at radius 3 is 2.67 bits per heavy atom. The Morgan fingerprint density at radius 2 is 2.10 bits per heavy atom. The van der Waals surface area contributed by atoms with Crippen molar-refractivity contribution in [3.63, 3.8) is 0 Å². The Balaban J connectivity index is 2.37. The van der Waals surface area contributed by atoms with Gasteiger partial charge in [-0.05, 0) is 40.1 Å². The van der Waals surface area contributed by atoms with Crippen LogP contribution < -0.4 is 0 Å². The summed E-state index contributed by atoms with van der Waals surface area (Å²) in [4.78, 5) is -0.155. The molecule has 2 aromatic rings. The predicted octanol–water partition coefficient (Wildman–Crippen LogP) is 4.10. The van der Waals surface area contributed by atoms with Gasteiger partial charge in [0.1, 0.15) is 5.82 Å². The monoisotopic (exact) mass is 367 g/mol. The first-order valence-corrected chi connectivity index (χ1v) is 9.17. The van der Waals surface area contributed by atoms with Gasteiger partial charge in [-0.25, -0.2) is 12.8 Å². The normalized spacial score (nSPS) is 12.0. The summed E-state index contributed by atoms with van der Waals surface area (Å²) in [5.41, 5.74) is 1.12. The van der Waals surface area contributed by atoms with Gasteiger partial charge in [0.25, 0.3) is 0 Å². The number of halogens is 3. The second-order valence-corrected chi connectivity index (χ2v) is 7.87. The largest absolute Gasteiger partial charge is 0.243 e. The van der Waals surface area contributed by atoms with Gasteiger partial charge in [0.15, 0.2) is 0 Å². The molecular weight excluding hydrogens is 356 g/mol. The van der Waals surface area contributed by atoms with Gasteiger partial charge in [-0.1, -0.05) is 11.6 Å². The van der Waals surface area contributed by atoms with Crippen LogP contribution in [0.15, 0.2) is 33.9 Å². The van der Waals surface area contributed by atoms with Crippen LogP contribution in [0.4, 0.5) is 4.39 Å². The van der Waals surface area contributed by atoms with Crippen LogP contribution >= 0.6 is 34.5 Å². The highest BCUT2D eigenvalue weighted by molar-refractivity contribution is 7.89. The third kappa shape index (κ3) is 3.57. The summed E-state index contributed by atoms with van der Waals surface area (Å²) < 4.78 is 39.8. The first-order chi connectivity index (χ1) is 9.86. The number of thiophene rings is 1. The molecule has 0 bridgehead atoms. The van der Waals surface area contributed by atoms with E-state index in [0.717, 1.165) is 15.9 Å². The first-order valence-electron chi connectivity index (χ1n) is 5.87. The van der Waals surface area contributed by atoms with Gasteiger partial charge in [-0.3, -0.25) is 0 Å². The van der Waals surface area contributed by atoms with Crippen LogP contribution in [-0.2, 0) is 22.4 Å². The average Bonchev–Trinajstić information content (AvgIpc) is 2.94. The molecule has 0 aliphatic carbocycles. The number of hydrogen-bond donors (Lipinski definition) is 0. The lowest BCUT2D eigenvalue weighted by Crippen LogP contribution is -2.26. The molecule has 0 radical (unpaired) electrons. The molecule has 114 valence electrons. The van der Waals surface area contributed by atoms with Gasteiger partial charge in [0.2, 0.25) is 10.0 Å². The fourth-order valence-electron chi connectivity index (χ4n) is 1.77. The molecule has 1 aromatic heterocycles. The lowest BCUT2D eigenvalue weighted by molar-refractivity contribution is 0.466. The van der Waals surface area contributed by atoms with E-state index in [0.29, 0.717) is 0 Å². The lowest BCUT2D eigenvalue weighted by atomic mass is 10.2. The molecule has 0 aliphatic rings. The Kier molecular flexibility index (Phi) is 5.27. The number of sulfonamides is 1. The van der Waals surface area contributed by atoms with Gasteiger partial charge < -0.3 is 0 Å². The maximum absolute atomic E-state index is 13.7. The second-order valence-electron chi connectivity index (χ2n) is 4.40. The molecule has 2 rings (SSSR count). The molecule has 1 aromatic carbocycles. The number of nitrogens with zero attached hydrogens (tertiary/aromatic N) is 1. The van der Waals surface area contributed by atoms with Gasteiger partial charge in [0, 0.05) is 19.5 Å². The highest BCUT2D eigenvalue weighted by Gasteiger charge is 2.23. The molecule has 0 aliphatic heterocycles. The highest BCUT2D eigenvalue weighted by atomic mass is 35.5. The van der Waals surface area contributed by atoms with Crippen molar-refractivity contribution in [2.24, 2.45) is 0 Å². The van der Waals surface area contributed by atoms with E-state index in [1.54, 1.807) is 0 Å². The summed E-state index contributed by atoms with van der Waals surface area (Å²) in [5, 5.41) is 3.58. The molecular formula is C13H12Cl2FNO2S2. The molecule has 21 heavy (non-hydrogen) atoms. The van der Waals surface area contributed by atoms with Crippen molar-refractivity contribution < 1.29 is 12.8 Å². The van der Waals surface area contributed by atoms with Gasteiger partial charge >= 0.3 is 0 Å². The minimum Gasteiger partial charge on any atom is -0.207 e. The maximum atomic E-state index is 13.7. The molecule has 3 nitrogen and oxygen atoms in total. The number of alkyl halides is 1. The summed E-state index contributed by atoms with van der Waals surface area (Å²) >= 11 is 12.9. The summed E-state index contributed by atoms with van der Waals surface area (Å²) in [6.07, 6.45) is 0. The van der Waals surface area contributed by atoms with Crippen molar-refractivity contribution in [3.8, 4) is 0 Å². The molecule has 0 saturated carbocycles. The molecule has 0 atom stereocenters. The van der Waals surface area contributed by atoms with E-state index in [1.165, 1.54) is 24.5 Å². The highest BCUT2D eigenvalue weighted by Crippen LogP contribution is 2.27. The van der Waals surface area contributed by atoms with Crippen LogP contribution in [0.1, 0.15) is 11.1 Å². The van der Waals surface area contributed by atoms with E-state index >= 15 is 0 Å². The Labute approximate surface area is 137 Å². The van der Waals surface area contributed by atoms with Crippen molar-refractivity contribution in [2.75, 3.05) is 7.05 Å². The smallest absolute Gasteiger partial charge is 0.207 e. The predicted molar refractivity (Wildman–Crippen MR) is 83.9 cm³/mol. The fourth-order valence-corrected chi connectivity index (χ4v) is 4.11. The number of hydrogen-bond acceptors (Lipinski definition) is 3. The second kappa shape index (κ2) is 6.62. The average molecular weight is 368 g/mol. The third-order valence-electron chi connectivity index (χ3n) is 2.91. The molecule has 0 saturated heterocycles. The van der Waals surface area contributed by atoms with E-state index in [9.17, 15) is 12.8 Å². The quantitative estimate of drug-likeness (QED) is 0.746. The van der Waals surface area contributed by atoms with E-state index < -0.39 is 15.8 Å². The minimum atomic E-state index is -3.81. The van der Waals surface area contributed by atoms with Crippen molar-refractivity contribution in [1.82, 2.24) is 4.31 Å². The van der Waals surface area contributed by atoms with Crippen molar-refractivity contribution in [1.29, 1.82) is 0 Å². The van der Waals surface area contributed by atoms with E-state index in [-0.39, 0.29) is 27.9 Å². The van der Waals surface area contributed by atoms with Crippen LogP contribution in [0, 0.1) is 5.82 Å². The number of benzene rings is 1. The topological polar surface area (TPSA) is 37.4 Å². The standard InChI is InChI=1S/C13H12Cl2FNO2S2/c1-17(7-9-2-3-20-8-9)21(18,19)11-4-10(6-14)13(15)12(16)5-11/h2-5,8H,6-7H2,1H3. The molecule has 0 fully saturated rings. The van der Waals surface area contributed by atoms with Crippen LogP contribution in [0.25, 0.3) is 0 Å². The molecule has 1 heterocycles. The van der Waals surface area contributed by atoms with Crippen molar-refractivity contribution in [2.45, 2.75) is 17.3 Å². The van der Waals surface area contributed by atoms with E-state index in [4.69, 9.17) is 23.2 Å². The first kappa shape index (κ1) is 16.7. The molecule has 0 N–H and O–H groups in total. The fraction of sp³-hybridized carbons (Fsp3) is 0.231. The molecule has 8 heteroatoms. The minimum absolute atomic E-state index is 0.0621. The van der Waals surface area contributed by atoms with Crippen LogP contribution in [0.3, 0.4) is 0 Å². The van der Waals surface area contributed by atoms with Crippen molar-refractivity contribution >= 4 is 44.6 Å². The van der Waals surface area contributed by atoms with Crippen LogP contribution in [0.2, 0.25) is 5.02 Å². The van der Waals surface area contributed by atoms with Gasteiger partial charge in [0.05, 0.1) is 9.92 Å². The molecule has 0 spiro atoms. The Bertz CT molecular complexity index is 733. The summed E-state index contributed by atoms with van der Waals surface area (Å²) in [7, 11) is -2.36. The van der Waals surface area contributed by atoms with Gasteiger partial charge in [-0.2, -0.15) is 15.6 Å². The van der Waals surface area contributed by atoms with E-state index in [1.807, 2.05) is 16.8 Å². The van der Waals surface area contributed by atoms with Crippen LogP contribution in [0.5, 0.6) is 0 Å². The number of rotatable bonds is 5. The Hall–Kier alpha value is -0.660. The zero-order valence-electron chi connectivity index (χ0n) is 11.0. The lowest BCUT2D eigenvalue weighted by Gasteiger charge is -2.17. The zero-order chi connectivity index (χ0) is 15.6. The van der Waals surface area contributed by atoms with Crippen LogP contribution in [-0.4, -0.2) is 19.8 Å². The molecule has 0 unspecified atom stereocenters. The zero-order valence-corrected chi connectivity index (χ0v) is 14.2. The third-order valence-corrected chi connectivity index (χ3v) is 6.14. The van der Waals surface area contributed by atoms with Crippen molar-refractivity contribution in [3.05, 3.63) is 50.9 Å². The van der Waals surface area contributed by atoms with E-state index in [2.05, 4.69) is 0 Å².